The molecule has 0 bridgehead atoms. The highest BCUT2D eigenvalue weighted by atomic mass is 16.5. The second-order valence-corrected chi connectivity index (χ2v) is 3.94. The van der Waals surface area contributed by atoms with Crippen LogP contribution in [0.1, 0.15) is 32.1 Å². The summed E-state index contributed by atoms with van der Waals surface area (Å²) >= 11 is 0. The van der Waals surface area contributed by atoms with E-state index in [2.05, 4.69) is 4.90 Å². The molecule has 0 radical (unpaired) electrons. The van der Waals surface area contributed by atoms with Gasteiger partial charge < -0.3 is 9.64 Å². The van der Waals surface area contributed by atoms with Crippen molar-refractivity contribution in [2.45, 2.75) is 38.1 Å². The van der Waals surface area contributed by atoms with E-state index >= 15 is 0 Å². The largest absolute Gasteiger partial charge is 0.381 e. The van der Waals surface area contributed by atoms with Crippen LogP contribution in [0, 0.1) is 0 Å². The highest BCUT2D eigenvalue weighted by molar-refractivity contribution is 4.76. The minimum absolute atomic E-state index is 0.846. The molecule has 2 heterocycles. The molecule has 0 aromatic carbocycles. The Morgan fingerprint density at radius 3 is 2.25 bits per heavy atom. The summed E-state index contributed by atoms with van der Waals surface area (Å²) in [7, 11) is 0. The smallest absolute Gasteiger partial charge is 0.0480 e. The third kappa shape index (κ3) is 1.99. The van der Waals surface area contributed by atoms with Crippen LogP contribution in [0.25, 0.3) is 0 Å². The maximum atomic E-state index is 5.36. The van der Waals surface area contributed by atoms with Gasteiger partial charge in [0.05, 0.1) is 0 Å². The lowest BCUT2D eigenvalue weighted by Crippen LogP contribution is -2.42. The molecule has 0 amide bonds. The molecule has 2 fully saturated rings. The predicted octanol–water partition coefficient (Wildman–Crippen LogP) is 1.65. The summed E-state index contributed by atoms with van der Waals surface area (Å²) in [5.41, 5.74) is 0. The molecule has 2 aliphatic rings. The monoisotopic (exact) mass is 169 g/mol. The molecular weight excluding hydrogens is 150 g/mol. The summed E-state index contributed by atoms with van der Waals surface area (Å²) in [6.07, 6.45) is 6.80. The zero-order valence-electron chi connectivity index (χ0n) is 7.80. The van der Waals surface area contributed by atoms with Gasteiger partial charge in [0.1, 0.15) is 0 Å². The van der Waals surface area contributed by atoms with Crippen LogP contribution >= 0.6 is 0 Å². The van der Waals surface area contributed by atoms with E-state index in [4.69, 9.17) is 4.74 Å². The van der Waals surface area contributed by atoms with E-state index in [1.54, 1.807) is 0 Å². The third-order valence-electron chi connectivity index (χ3n) is 3.10. The average Bonchev–Trinajstić information content (AvgIpc) is 2.21. The summed E-state index contributed by atoms with van der Waals surface area (Å²) < 4.78 is 5.36. The third-order valence-corrected chi connectivity index (χ3v) is 3.10. The van der Waals surface area contributed by atoms with Crippen LogP contribution in [-0.2, 0) is 4.74 Å². The quantitative estimate of drug-likeness (QED) is 0.592. The fourth-order valence-electron chi connectivity index (χ4n) is 2.33. The lowest BCUT2D eigenvalue weighted by atomic mass is 10.0. The van der Waals surface area contributed by atoms with Crippen molar-refractivity contribution < 1.29 is 4.74 Å². The molecule has 0 spiro atoms. The van der Waals surface area contributed by atoms with Gasteiger partial charge in [0.2, 0.25) is 0 Å². The number of piperidine rings is 1. The lowest BCUT2D eigenvalue weighted by Gasteiger charge is -2.36. The van der Waals surface area contributed by atoms with Crippen LogP contribution in [0.5, 0.6) is 0 Å². The van der Waals surface area contributed by atoms with Gasteiger partial charge in [-0.3, -0.25) is 0 Å². The van der Waals surface area contributed by atoms with Crippen molar-refractivity contribution >= 4 is 0 Å². The van der Waals surface area contributed by atoms with Crippen molar-refractivity contribution in [3.05, 3.63) is 0 Å². The fraction of sp³-hybridized carbons (Fsp3) is 1.00. The summed E-state index contributed by atoms with van der Waals surface area (Å²) in [5, 5.41) is 0. The normalized spacial score (nSPS) is 29.0. The number of rotatable bonds is 1. The summed E-state index contributed by atoms with van der Waals surface area (Å²) in [4.78, 5) is 2.67. The number of likely N-dealkylation sites (tertiary alicyclic amines) is 1. The molecule has 70 valence electrons. The van der Waals surface area contributed by atoms with E-state index < -0.39 is 0 Å². The molecule has 0 aromatic rings. The van der Waals surface area contributed by atoms with Crippen LogP contribution in [0.15, 0.2) is 0 Å². The summed E-state index contributed by atoms with van der Waals surface area (Å²) in [5.74, 6) is 0. The molecule has 0 aliphatic carbocycles. The number of hydrogen-bond acceptors (Lipinski definition) is 2. The van der Waals surface area contributed by atoms with Crippen LogP contribution < -0.4 is 0 Å². The van der Waals surface area contributed by atoms with Gasteiger partial charge in [0, 0.05) is 19.3 Å². The Bertz CT molecular complexity index is 110. The van der Waals surface area contributed by atoms with E-state index in [0.717, 1.165) is 19.3 Å². The SMILES string of the molecule is C1CCN(C2CCOCC2)CC1. The molecule has 2 saturated heterocycles. The van der Waals surface area contributed by atoms with Crippen LogP contribution in [0.3, 0.4) is 0 Å². The van der Waals surface area contributed by atoms with E-state index in [1.165, 1.54) is 45.2 Å². The first-order valence-electron chi connectivity index (χ1n) is 5.28. The zero-order valence-corrected chi connectivity index (χ0v) is 7.80. The van der Waals surface area contributed by atoms with E-state index in [-0.39, 0.29) is 0 Å². The van der Waals surface area contributed by atoms with Gasteiger partial charge in [-0.2, -0.15) is 0 Å². The molecule has 2 aliphatic heterocycles. The topological polar surface area (TPSA) is 12.5 Å². The van der Waals surface area contributed by atoms with Gasteiger partial charge in [-0.1, -0.05) is 6.42 Å². The molecule has 0 saturated carbocycles. The Morgan fingerprint density at radius 2 is 1.58 bits per heavy atom. The van der Waals surface area contributed by atoms with E-state index in [9.17, 15) is 0 Å². The lowest BCUT2D eigenvalue weighted by molar-refractivity contribution is 0.0274. The molecule has 2 nitrogen and oxygen atoms in total. The molecule has 0 N–H and O–H groups in total. The first-order chi connectivity index (χ1) is 5.97. The Hall–Kier alpha value is -0.0800. The summed E-state index contributed by atoms with van der Waals surface area (Å²) in [6.45, 7) is 4.65. The van der Waals surface area contributed by atoms with Gasteiger partial charge in [-0.05, 0) is 38.8 Å². The highest BCUT2D eigenvalue weighted by Gasteiger charge is 2.22. The standard InChI is InChI=1S/C10H19NO/c1-2-6-11(7-3-1)10-4-8-12-9-5-10/h10H,1-9H2. The van der Waals surface area contributed by atoms with Gasteiger partial charge in [-0.25, -0.2) is 0 Å². The van der Waals surface area contributed by atoms with Crippen molar-refractivity contribution in [2.24, 2.45) is 0 Å². The number of nitrogens with zero attached hydrogens (tertiary/aromatic N) is 1. The summed E-state index contributed by atoms with van der Waals surface area (Å²) in [6, 6.07) is 0.846. The Morgan fingerprint density at radius 1 is 0.917 bits per heavy atom. The molecule has 2 rings (SSSR count). The van der Waals surface area contributed by atoms with Gasteiger partial charge >= 0.3 is 0 Å². The van der Waals surface area contributed by atoms with Crippen molar-refractivity contribution in [1.82, 2.24) is 4.90 Å². The minimum atomic E-state index is 0.846. The van der Waals surface area contributed by atoms with Gasteiger partial charge in [0.15, 0.2) is 0 Å². The molecule has 0 atom stereocenters. The van der Waals surface area contributed by atoms with Crippen molar-refractivity contribution in [1.29, 1.82) is 0 Å². The maximum Gasteiger partial charge on any atom is 0.0480 e. The van der Waals surface area contributed by atoms with Gasteiger partial charge in [-0.15, -0.1) is 0 Å². The molecular formula is C10H19NO. The van der Waals surface area contributed by atoms with Crippen LogP contribution in [-0.4, -0.2) is 37.2 Å². The molecule has 0 aromatic heterocycles. The molecule has 12 heavy (non-hydrogen) atoms. The van der Waals surface area contributed by atoms with E-state index in [1.807, 2.05) is 0 Å². The fourth-order valence-corrected chi connectivity index (χ4v) is 2.33. The Kier molecular flexibility index (Phi) is 3.01. The minimum Gasteiger partial charge on any atom is -0.381 e. The van der Waals surface area contributed by atoms with E-state index in [0.29, 0.717) is 0 Å². The van der Waals surface area contributed by atoms with Crippen molar-refractivity contribution in [2.75, 3.05) is 26.3 Å². The Balaban J connectivity index is 1.80. The maximum absolute atomic E-state index is 5.36. The number of ether oxygens (including phenoxy) is 1. The number of hydrogen-bond donors (Lipinski definition) is 0. The highest BCUT2D eigenvalue weighted by Crippen LogP contribution is 2.19. The van der Waals surface area contributed by atoms with Crippen LogP contribution in [0.2, 0.25) is 0 Å². The van der Waals surface area contributed by atoms with Gasteiger partial charge in [0.25, 0.3) is 0 Å². The zero-order chi connectivity index (χ0) is 8.23. The van der Waals surface area contributed by atoms with Crippen LogP contribution in [0.4, 0.5) is 0 Å². The first kappa shape index (κ1) is 8.52. The second kappa shape index (κ2) is 4.24. The predicted molar refractivity (Wildman–Crippen MR) is 49.3 cm³/mol. The Labute approximate surface area is 74.9 Å². The molecule has 0 unspecified atom stereocenters. The van der Waals surface area contributed by atoms with Crippen molar-refractivity contribution in [3.63, 3.8) is 0 Å². The average molecular weight is 169 g/mol. The second-order valence-electron chi connectivity index (χ2n) is 3.94. The first-order valence-corrected chi connectivity index (χ1v) is 5.28. The molecule has 2 heteroatoms. The van der Waals surface area contributed by atoms with Crippen molar-refractivity contribution in [3.8, 4) is 0 Å².